The highest BCUT2D eigenvalue weighted by atomic mass is 16.2. The number of aromatic nitrogens is 6. The van der Waals surface area contributed by atoms with Gasteiger partial charge in [-0.3, -0.25) is 9.78 Å². The highest BCUT2D eigenvalue weighted by molar-refractivity contribution is 5.93. The molecule has 8 nitrogen and oxygen atoms in total. The van der Waals surface area contributed by atoms with Crippen LogP contribution in [0.5, 0.6) is 0 Å². The summed E-state index contributed by atoms with van der Waals surface area (Å²) in [5.74, 6) is 0.129. The van der Waals surface area contributed by atoms with Crippen molar-refractivity contribution in [2.24, 2.45) is 7.05 Å². The van der Waals surface area contributed by atoms with E-state index in [0.29, 0.717) is 12.1 Å². The third kappa shape index (κ3) is 3.17. The summed E-state index contributed by atoms with van der Waals surface area (Å²) in [6, 6.07) is 0. The minimum atomic E-state index is -0.0361. The average molecular weight is 349 g/mol. The van der Waals surface area contributed by atoms with Gasteiger partial charge in [-0.05, 0) is 12.8 Å². The molecule has 26 heavy (non-hydrogen) atoms. The summed E-state index contributed by atoms with van der Waals surface area (Å²) in [4.78, 5) is 35.7. The predicted octanol–water partition coefficient (Wildman–Crippen LogP) is 1.69. The zero-order chi connectivity index (χ0) is 17.9. The number of rotatable bonds is 3. The Bertz CT molecular complexity index is 909. The van der Waals surface area contributed by atoms with E-state index >= 15 is 0 Å². The average Bonchev–Trinajstić information content (AvgIpc) is 3.14. The third-order valence-electron chi connectivity index (χ3n) is 4.67. The Morgan fingerprint density at radius 3 is 2.69 bits per heavy atom. The Kier molecular flexibility index (Phi) is 4.39. The second-order valence-electron chi connectivity index (χ2n) is 6.44. The topological polar surface area (TPSA) is 89.7 Å². The lowest BCUT2D eigenvalue weighted by Gasteiger charge is -2.32. The van der Waals surface area contributed by atoms with Gasteiger partial charge in [0.15, 0.2) is 0 Å². The first kappa shape index (κ1) is 16.3. The molecule has 1 atom stereocenters. The molecule has 0 aromatic carbocycles. The van der Waals surface area contributed by atoms with Crippen LogP contribution in [-0.2, 0) is 7.05 Å². The third-order valence-corrected chi connectivity index (χ3v) is 4.67. The molecule has 4 heterocycles. The lowest BCUT2D eigenvalue weighted by molar-refractivity contribution is 0.0705. The molecule has 0 radical (unpaired) electrons. The first-order chi connectivity index (χ1) is 12.7. The number of carbonyl (C=O) groups excluding carboxylic acids is 1. The number of amides is 1. The molecule has 132 valence electrons. The van der Waals surface area contributed by atoms with Crippen LogP contribution in [0.25, 0.3) is 11.4 Å². The van der Waals surface area contributed by atoms with E-state index in [0.717, 1.165) is 36.5 Å². The summed E-state index contributed by atoms with van der Waals surface area (Å²) >= 11 is 0. The molecule has 0 bridgehead atoms. The van der Waals surface area contributed by atoms with Crippen LogP contribution >= 0.6 is 0 Å². The lowest BCUT2D eigenvalue weighted by atomic mass is 9.94. The molecule has 0 N–H and O–H groups in total. The fraction of sp³-hybridized carbons (Fsp3) is 0.333. The second kappa shape index (κ2) is 6.99. The number of hydrogen-bond donors (Lipinski definition) is 0. The van der Waals surface area contributed by atoms with Gasteiger partial charge in [0.1, 0.15) is 12.0 Å². The number of carbonyl (C=O) groups is 1. The summed E-state index contributed by atoms with van der Waals surface area (Å²) in [6.45, 7) is 1.36. The number of aryl methyl sites for hydroxylation is 1. The normalized spacial score (nSPS) is 17.3. The Morgan fingerprint density at radius 2 is 1.92 bits per heavy atom. The Balaban J connectivity index is 1.55. The van der Waals surface area contributed by atoms with E-state index in [-0.39, 0.29) is 11.8 Å². The van der Waals surface area contributed by atoms with Crippen molar-refractivity contribution < 1.29 is 4.79 Å². The molecular weight excluding hydrogens is 330 g/mol. The molecule has 1 saturated heterocycles. The van der Waals surface area contributed by atoms with Crippen LogP contribution in [0.4, 0.5) is 0 Å². The van der Waals surface area contributed by atoms with Crippen molar-refractivity contribution in [2.45, 2.75) is 18.8 Å². The van der Waals surface area contributed by atoms with Gasteiger partial charge in [0.05, 0.1) is 35.7 Å². The maximum atomic E-state index is 12.7. The van der Waals surface area contributed by atoms with E-state index < -0.39 is 0 Å². The molecule has 8 heteroatoms. The number of hydrogen-bond acceptors (Lipinski definition) is 6. The van der Waals surface area contributed by atoms with Crippen molar-refractivity contribution in [1.29, 1.82) is 0 Å². The quantitative estimate of drug-likeness (QED) is 0.715. The second-order valence-corrected chi connectivity index (χ2v) is 6.44. The van der Waals surface area contributed by atoms with E-state index in [1.165, 1.54) is 6.33 Å². The van der Waals surface area contributed by atoms with Crippen LogP contribution in [0.3, 0.4) is 0 Å². The van der Waals surface area contributed by atoms with Crippen molar-refractivity contribution in [3.8, 4) is 11.4 Å². The van der Waals surface area contributed by atoms with Gasteiger partial charge in [0.2, 0.25) is 0 Å². The van der Waals surface area contributed by atoms with Gasteiger partial charge in [-0.25, -0.2) is 19.9 Å². The SMILES string of the molecule is Cn1cncc1-c1cncc([C@H]2CCCN(C(=O)c3cncnc3)C2)n1. The molecule has 1 amide bonds. The van der Waals surface area contributed by atoms with Crippen LogP contribution in [-0.4, -0.2) is 53.4 Å². The van der Waals surface area contributed by atoms with Gasteiger partial charge in [-0.2, -0.15) is 0 Å². The maximum Gasteiger partial charge on any atom is 0.257 e. The highest BCUT2D eigenvalue weighted by Gasteiger charge is 2.27. The van der Waals surface area contributed by atoms with Crippen molar-refractivity contribution in [3.63, 3.8) is 0 Å². The number of nitrogens with zero attached hydrogens (tertiary/aromatic N) is 7. The molecule has 1 aliphatic heterocycles. The Hall–Kier alpha value is -3.16. The molecule has 0 spiro atoms. The van der Waals surface area contributed by atoms with Crippen molar-refractivity contribution in [1.82, 2.24) is 34.4 Å². The molecule has 1 fully saturated rings. The summed E-state index contributed by atoms with van der Waals surface area (Å²) in [7, 11) is 1.93. The lowest BCUT2D eigenvalue weighted by Crippen LogP contribution is -2.39. The summed E-state index contributed by atoms with van der Waals surface area (Å²) in [5.41, 5.74) is 3.14. The van der Waals surface area contributed by atoms with Crippen LogP contribution in [0.1, 0.15) is 34.8 Å². The Morgan fingerprint density at radius 1 is 1.08 bits per heavy atom. The standard InChI is InChI=1S/C18H19N7O/c1-24-12-22-9-17(24)16-8-19-7-15(23-16)13-3-2-4-25(10-13)18(26)14-5-20-11-21-6-14/h5-9,11-13H,2-4,10H2,1H3/t13-/m0/s1. The molecule has 0 aliphatic carbocycles. The van der Waals surface area contributed by atoms with Gasteiger partial charge in [0, 0.05) is 44.6 Å². The van der Waals surface area contributed by atoms with E-state index in [1.54, 1.807) is 37.3 Å². The predicted molar refractivity (Wildman–Crippen MR) is 94.1 cm³/mol. The molecule has 3 aromatic heterocycles. The van der Waals surface area contributed by atoms with Gasteiger partial charge < -0.3 is 9.47 Å². The molecule has 1 aliphatic rings. The zero-order valence-electron chi connectivity index (χ0n) is 14.5. The molecule has 0 saturated carbocycles. The number of piperidine rings is 1. The fourth-order valence-corrected chi connectivity index (χ4v) is 3.30. The van der Waals surface area contributed by atoms with E-state index in [1.807, 2.05) is 16.5 Å². The van der Waals surface area contributed by atoms with Crippen LogP contribution in [0.15, 0.2) is 43.6 Å². The zero-order valence-corrected chi connectivity index (χ0v) is 14.5. The summed E-state index contributed by atoms with van der Waals surface area (Å²) in [5, 5.41) is 0. The number of imidazole rings is 1. The first-order valence-corrected chi connectivity index (χ1v) is 8.55. The van der Waals surface area contributed by atoms with Crippen LogP contribution in [0.2, 0.25) is 0 Å². The van der Waals surface area contributed by atoms with Gasteiger partial charge >= 0.3 is 0 Å². The highest BCUT2D eigenvalue weighted by Crippen LogP contribution is 2.27. The van der Waals surface area contributed by atoms with Crippen LogP contribution in [0, 0.1) is 0 Å². The maximum absolute atomic E-state index is 12.7. The fourth-order valence-electron chi connectivity index (χ4n) is 3.30. The van der Waals surface area contributed by atoms with Gasteiger partial charge in [-0.15, -0.1) is 0 Å². The van der Waals surface area contributed by atoms with Crippen molar-refractivity contribution in [2.75, 3.05) is 13.1 Å². The largest absolute Gasteiger partial charge is 0.338 e. The van der Waals surface area contributed by atoms with Gasteiger partial charge in [0.25, 0.3) is 5.91 Å². The molecule has 3 aromatic rings. The van der Waals surface area contributed by atoms with E-state index in [2.05, 4.69) is 19.9 Å². The monoisotopic (exact) mass is 349 g/mol. The van der Waals surface area contributed by atoms with Crippen molar-refractivity contribution in [3.05, 3.63) is 54.9 Å². The van der Waals surface area contributed by atoms with E-state index in [9.17, 15) is 4.79 Å². The first-order valence-electron chi connectivity index (χ1n) is 8.55. The van der Waals surface area contributed by atoms with Crippen LogP contribution < -0.4 is 0 Å². The molecule has 0 unspecified atom stereocenters. The van der Waals surface area contributed by atoms with E-state index in [4.69, 9.17) is 4.98 Å². The van der Waals surface area contributed by atoms with Crippen molar-refractivity contribution >= 4 is 5.91 Å². The Labute approximate surface area is 151 Å². The number of likely N-dealkylation sites (tertiary alicyclic amines) is 1. The minimum Gasteiger partial charge on any atom is -0.338 e. The molecular formula is C18H19N7O. The molecule has 4 rings (SSSR count). The smallest absolute Gasteiger partial charge is 0.257 e. The van der Waals surface area contributed by atoms with Gasteiger partial charge in [-0.1, -0.05) is 0 Å². The summed E-state index contributed by atoms with van der Waals surface area (Å²) in [6.07, 6.45) is 13.5. The summed E-state index contributed by atoms with van der Waals surface area (Å²) < 4.78 is 1.92. The minimum absolute atomic E-state index is 0.0361.